The quantitative estimate of drug-likeness (QED) is 0.669. The van der Waals surface area contributed by atoms with Crippen molar-refractivity contribution in [3.05, 3.63) is 35.1 Å². The van der Waals surface area contributed by atoms with Crippen LogP contribution in [0.1, 0.15) is 51.8 Å². The molecule has 2 fully saturated rings. The highest BCUT2D eigenvalue weighted by Crippen LogP contribution is 2.52. The summed E-state index contributed by atoms with van der Waals surface area (Å²) in [6, 6.07) is 2.67. The average molecular weight is 460 g/mol. The molecule has 0 aromatic heterocycles. The molecule has 0 radical (unpaired) electrons. The smallest absolute Gasteiger partial charge is 0.419 e. The summed E-state index contributed by atoms with van der Waals surface area (Å²) in [7, 11) is 0. The van der Waals surface area contributed by atoms with Crippen molar-refractivity contribution in [2.75, 3.05) is 13.1 Å². The normalized spacial score (nSPS) is 24.1. The van der Waals surface area contributed by atoms with Crippen LogP contribution in [-0.2, 0) is 15.7 Å². The SMILES string of the molecule is CC(C)(C)OC(=O)N1C[C@@H]2[C@H](C1)[C@H]2C(=O)NC(C)(C)C(O)c1cccc(C(F)(F)F)c1F. The number of rotatable bonds is 4. The summed E-state index contributed by atoms with van der Waals surface area (Å²) >= 11 is 0. The lowest BCUT2D eigenvalue weighted by molar-refractivity contribution is -0.140. The van der Waals surface area contributed by atoms with Crippen LogP contribution in [0.25, 0.3) is 0 Å². The largest absolute Gasteiger partial charge is 0.444 e. The number of amides is 2. The van der Waals surface area contributed by atoms with E-state index in [4.69, 9.17) is 4.74 Å². The summed E-state index contributed by atoms with van der Waals surface area (Å²) in [6.45, 7) is 8.85. The maximum Gasteiger partial charge on any atom is 0.419 e. The van der Waals surface area contributed by atoms with E-state index in [1.807, 2.05) is 0 Å². The fraction of sp³-hybridized carbons (Fsp3) is 0.636. The number of benzene rings is 1. The summed E-state index contributed by atoms with van der Waals surface area (Å²) in [5.74, 6) is -2.44. The van der Waals surface area contributed by atoms with Crippen molar-refractivity contribution < 1.29 is 37.0 Å². The van der Waals surface area contributed by atoms with Crippen molar-refractivity contribution in [1.82, 2.24) is 10.2 Å². The Hall–Kier alpha value is -2.36. The number of piperidine rings is 1. The fourth-order valence-electron chi connectivity index (χ4n) is 4.23. The fourth-order valence-corrected chi connectivity index (χ4v) is 4.23. The van der Waals surface area contributed by atoms with Gasteiger partial charge in [-0.05, 0) is 52.5 Å². The molecule has 32 heavy (non-hydrogen) atoms. The van der Waals surface area contributed by atoms with E-state index < -0.39 is 46.5 Å². The topological polar surface area (TPSA) is 78.9 Å². The first-order chi connectivity index (χ1) is 14.5. The van der Waals surface area contributed by atoms with Crippen LogP contribution in [-0.4, -0.2) is 46.2 Å². The zero-order valence-electron chi connectivity index (χ0n) is 18.6. The van der Waals surface area contributed by atoms with Gasteiger partial charge >= 0.3 is 12.3 Å². The molecule has 178 valence electrons. The number of fused-ring (bicyclic) bond motifs is 1. The summed E-state index contributed by atoms with van der Waals surface area (Å²) in [5, 5.41) is 13.2. The lowest BCUT2D eigenvalue weighted by Gasteiger charge is -2.33. The van der Waals surface area contributed by atoms with Crippen molar-refractivity contribution in [1.29, 1.82) is 0 Å². The Morgan fingerprint density at radius 1 is 1.12 bits per heavy atom. The molecule has 3 rings (SSSR count). The highest BCUT2D eigenvalue weighted by atomic mass is 19.4. The molecule has 2 amide bonds. The van der Waals surface area contributed by atoms with Gasteiger partial charge in [-0.25, -0.2) is 9.18 Å². The highest BCUT2D eigenvalue weighted by Gasteiger charge is 2.61. The van der Waals surface area contributed by atoms with Gasteiger partial charge in [0, 0.05) is 24.6 Å². The molecule has 6 nitrogen and oxygen atoms in total. The van der Waals surface area contributed by atoms with Crippen LogP contribution in [0.15, 0.2) is 18.2 Å². The molecule has 2 aliphatic rings. The second kappa shape index (κ2) is 7.90. The number of aliphatic hydroxyl groups is 1. The predicted octanol–water partition coefficient (Wildman–Crippen LogP) is 3.89. The second-order valence-electron chi connectivity index (χ2n) is 10.1. The maximum absolute atomic E-state index is 14.4. The molecule has 1 aliphatic heterocycles. The number of carbonyl (C=O) groups is 2. The van der Waals surface area contributed by atoms with Crippen LogP contribution in [0, 0.1) is 23.6 Å². The maximum atomic E-state index is 14.4. The van der Waals surface area contributed by atoms with Crippen LogP contribution in [0.3, 0.4) is 0 Å². The van der Waals surface area contributed by atoms with E-state index in [-0.39, 0.29) is 23.7 Å². The average Bonchev–Trinajstić information content (AvgIpc) is 3.13. The molecule has 0 bridgehead atoms. The van der Waals surface area contributed by atoms with Crippen LogP contribution in [0.5, 0.6) is 0 Å². The van der Waals surface area contributed by atoms with E-state index in [2.05, 4.69) is 5.32 Å². The number of nitrogens with zero attached hydrogens (tertiary/aromatic N) is 1. The summed E-state index contributed by atoms with van der Waals surface area (Å²) in [6.07, 6.45) is -7.05. The standard InChI is InChI=1S/C22H28F4N2O4/c1-20(2,3)32-19(31)28-9-12-13(10-28)15(12)18(30)27-21(4,5)17(29)11-7-6-8-14(16(11)23)22(24,25)26/h6-8,12-13,15,17,29H,9-10H2,1-5H3,(H,27,30)/t12-,13+,15+,17?. The van der Waals surface area contributed by atoms with E-state index in [9.17, 15) is 32.3 Å². The first-order valence-corrected chi connectivity index (χ1v) is 10.4. The number of aliphatic hydroxyl groups excluding tert-OH is 1. The zero-order valence-corrected chi connectivity index (χ0v) is 18.6. The van der Waals surface area contributed by atoms with Gasteiger partial charge in [-0.2, -0.15) is 13.2 Å². The van der Waals surface area contributed by atoms with E-state index in [1.54, 1.807) is 25.7 Å². The number of carbonyl (C=O) groups excluding carboxylic acids is 2. The molecule has 1 heterocycles. The first-order valence-electron chi connectivity index (χ1n) is 10.4. The van der Waals surface area contributed by atoms with Crippen LogP contribution in [0.4, 0.5) is 22.4 Å². The molecular weight excluding hydrogens is 432 g/mol. The third kappa shape index (κ3) is 4.84. The van der Waals surface area contributed by atoms with Gasteiger partial charge in [-0.3, -0.25) is 4.79 Å². The number of ether oxygens (including phenoxy) is 1. The Morgan fingerprint density at radius 3 is 2.19 bits per heavy atom. The highest BCUT2D eigenvalue weighted by molar-refractivity contribution is 5.84. The number of hydrogen-bond acceptors (Lipinski definition) is 4. The third-order valence-electron chi connectivity index (χ3n) is 5.91. The molecule has 0 spiro atoms. The molecule has 10 heteroatoms. The Morgan fingerprint density at radius 2 is 1.69 bits per heavy atom. The number of halogens is 4. The van der Waals surface area contributed by atoms with Gasteiger partial charge < -0.3 is 20.1 Å². The molecule has 1 aromatic rings. The van der Waals surface area contributed by atoms with E-state index >= 15 is 0 Å². The Bertz CT molecular complexity index is 898. The second-order valence-corrected chi connectivity index (χ2v) is 10.1. The van der Waals surface area contributed by atoms with Crippen molar-refractivity contribution in [2.24, 2.45) is 17.8 Å². The number of likely N-dealkylation sites (tertiary alicyclic amines) is 1. The van der Waals surface area contributed by atoms with Gasteiger partial charge in [0.05, 0.1) is 11.1 Å². The molecule has 1 saturated heterocycles. The summed E-state index contributed by atoms with van der Waals surface area (Å²) < 4.78 is 58.8. The lowest BCUT2D eigenvalue weighted by Crippen LogP contribution is -2.50. The van der Waals surface area contributed by atoms with Gasteiger partial charge in [0.1, 0.15) is 17.5 Å². The summed E-state index contributed by atoms with van der Waals surface area (Å²) in [5.41, 5.74) is -4.07. The Labute approximate surface area is 183 Å². The van der Waals surface area contributed by atoms with E-state index in [0.717, 1.165) is 12.1 Å². The predicted molar refractivity (Wildman–Crippen MR) is 107 cm³/mol. The Kier molecular flexibility index (Phi) is 5.99. The number of nitrogens with one attached hydrogen (secondary N) is 1. The molecule has 1 saturated carbocycles. The van der Waals surface area contributed by atoms with Crippen LogP contribution >= 0.6 is 0 Å². The van der Waals surface area contributed by atoms with Crippen LogP contribution < -0.4 is 5.32 Å². The van der Waals surface area contributed by atoms with E-state index in [0.29, 0.717) is 19.2 Å². The molecular formula is C22H28F4N2O4. The minimum Gasteiger partial charge on any atom is -0.444 e. The van der Waals surface area contributed by atoms with Gasteiger partial charge in [0.15, 0.2) is 0 Å². The van der Waals surface area contributed by atoms with Crippen molar-refractivity contribution in [3.8, 4) is 0 Å². The molecule has 1 aliphatic carbocycles. The van der Waals surface area contributed by atoms with Gasteiger partial charge in [0.25, 0.3) is 0 Å². The minimum atomic E-state index is -4.90. The first kappa shape index (κ1) is 24.3. The monoisotopic (exact) mass is 460 g/mol. The van der Waals surface area contributed by atoms with Gasteiger partial charge in [0.2, 0.25) is 5.91 Å². The molecule has 1 aromatic carbocycles. The number of alkyl halides is 3. The minimum absolute atomic E-state index is 0.0549. The van der Waals surface area contributed by atoms with Gasteiger partial charge in [-0.1, -0.05) is 12.1 Å². The van der Waals surface area contributed by atoms with Crippen molar-refractivity contribution >= 4 is 12.0 Å². The zero-order chi connectivity index (χ0) is 24.2. The number of hydrogen-bond donors (Lipinski definition) is 2. The third-order valence-corrected chi connectivity index (χ3v) is 5.91. The van der Waals surface area contributed by atoms with E-state index in [1.165, 1.54) is 13.8 Å². The van der Waals surface area contributed by atoms with Crippen molar-refractivity contribution in [2.45, 2.75) is 58.0 Å². The molecule has 2 N–H and O–H groups in total. The summed E-state index contributed by atoms with van der Waals surface area (Å²) in [4.78, 5) is 26.5. The van der Waals surface area contributed by atoms with Crippen LogP contribution in [0.2, 0.25) is 0 Å². The molecule has 4 atom stereocenters. The Balaban J connectivity index is 1.63. The van der Waals surface area contributed by atoms with Gasteiger partial charge in [-0.15, -0.1) is 0 Å². The lowest BCUT2D eigenvalue weighted by atomic mass is 9.89. The molecule has 1 unspecified atom stereocenters. The van der Waals surface area contributed by atoms with Crippen molar-refractivity contribution in [3.63, 3.8) is 0 Å².